The molecular formula is C13H26N2O2. The van der Waals surface area contributed by atoms with Crippen molar-refractivity contribution in [3.8, 4) is 0 Å². The summed E-state index contributed by atoms with van der Waals surface area (Å²) in [6.45, 7) is 6.14. The third-order valence-electron chi connectivity index (χ3n) is 2.64. The molecule has 2 amide bonds. The Hall–Kier alpha value is -1.06. The third-order valence-corrected chi connectivity index (χ3v) is 2.64. The van der Waals surface area contributed by atoms with Crippen LogP contribution in [0.25, 0.3) is 0 Å². The monoisotopic (exact) mass is 242 g/mol. The summed E-state index contributed by atoms with van der Waals surface area (Å²) >= 11 is 0. The summed E-state index contributed by atoms with van der Waals surface area (Å²) in [4.78, 5) is 22.7. The van der Waals surface area contributed by atoms with Crippen LogP contribution in [0.1, 0.15) is 59.3 Å². The van der Waals surface area contributed by atoms with E-state index in [0.29, 0.717) is 18.8 Å². The normalized spacial score (nSPS) is 12.5. The summed E-state index contributed by atoms with van der Waals surface area (Å²) in [7, 11) is 0. The Morgan fingerprint density at radius 1 is 1.18 bits per heavy atom. The van der Waals surface area contributed by atoms with Crippen molar-refractivity contribution in [2.24, 2.45) is 11.7 Å². The fraction of sp³-hybridized carbons (Fsp3) is 0.846. The Balaban J connectivity index is 3.91. The number of nitrogens with two attached hydrogens (primary N) is 1. The number of rotatable bonds is 9. The topological polar surface area (TPSA) is 72.2 Å². The van der Waals surface area contributed by atoms with Crippen molar-refractivity contribution in [1.82, 2.24) is 5.32 Å². The average molecular weight is 242 g/mol. The van der Waals surface area contributed by atoms with E-state index >= 15 is 0 Å². The van der Waals surface area contributed by atoms with Gasteiger partial charge in [-0.3, -0.25) is 9.59 Å². The number of hydrogen-bond donors (Lipinski definition) is 2. The van der Waals surface area contributed by atoms with Crippen LogP contribution >= 0.6 is 0 Å². The molecule has 0 bridgehead atoms. The van der Waals surface area contributed by atoms with Crippen LogP contribution in [0, 0.1) is 5.92 Å². The second-order valence-corrected chi connectivity index (χ2v) is 4.96. The van der Waals surface area contributed by atoms with Gasteiger partial charge in [0.15, 0.2) is 0 Å². The standard InChI is InChI=1S/C13H26N2O2/c1-4-5-6-7-8-12(16)15-11(13(14)17)9-10(2)3/h10-11H,4-9H2,1-3H3,(H2,14,17)(H,15,16)/t11-/m0/s1. The quantitative estimate of drug-likeness (QED) is 0.607. The first-order chi connectivity index (χ1) is 7.97. The smallest absolute Gasteiger partial charge is 0.240 e. The molecule has 0 aliphatic heterocycles. The van der Waals surface area contributed by atoms with E-state index in [4.69, 9.17) is 5.73 Å². The Labute approximate surface area is 104 Å². The molecule has 0 fully saturated rings. The molecule has 0 radical (unpaired) electrons. The van der Waals surface area contributed by atoms with E-state index < -0.39 is 11.9 Å². The molecule has 0 aromatic heterocycles. The van der Waals surface area contributed by atoms with Crippen molar-refractivity contribution in [3.63, 3.8) is 0 Å². The second kappa shape index (κ2) is 9.02. The van der Waals surface area contributed by atoms with Crippen molar-refractivity contribution in [2.45, 2.75) is 65.3 Å². The van der Waals surface area contributed by atoms with Gasteiger partial charge in [0, 0.05) is 6.42 Å². The largest absolute Gasteiger partial charge is 0.368 e. The Morgan fingerprint density at radius 3 is 2.29 bits per heavy atom. The van der Waals surface area contributed by atoms with Crippen LogP contribution in [0.4, 0.5) is 0 Å². The zero-order valence-electron chi connectivity index (χ0n) is 11.3. The molecule has 0 aliphatic rings. The van der Waals surface area contributed by atoms with E-state index in [1.165, 1.54) is 0 Å². The van der Waals surface area contributed by atoms with Gasteiger partial charge in [-0.25, -0.2) is 0 Å². The number of carbonyl (C=O) groups excluding carboxylic acids is 2. The summed E-state index contributed by atoms with van der Waals surface area (Å²) < 4.78 is 0. The number of primary amides is 1. The van der Waals surface area contributed by atoms with Crippen LogP contribution in [0.3, 0.4) is 0 Å². The lowest BCUT2D eigenvalue weighted by Gasteiger charge is -2.17. The van der Waals surface area contributed by atoms with Crippen molar-refractivity contribution in [1.29, 1.82) is 0 Å². The molecule has 0 heterocycles. The maximum absolute atomic E-state index is 11.6. The Morgan fingerprint density at radius 2 is 1.82 bits per heavy atom. The molecular weight excluding hydrogens is 216 g/mol. The summed E-state index contributed by atoms with van der Waals surface area (Å²) in [6.07, 6.45) is 5.34. The van der Waals surface area contributed by atoms with Gasteiger partial charge in [0.2, 0.25) is 11.8 Å². The zero-order chi connectivity index (χ0) is 13.3. The van der Waals surface area contributed by atoms with Crippen LogP contribution in [0.5, 0.6) is 0 Å². The van der Waals surface area contributed by atoms with Crippen molar-refractivity contribution in [3.05, 3.63) is 0 Å². The molecule has 0 unspecified atom stereocenters. The lowest BCUT2D eigenvalue weighted by Crippen LogP contribution is -2.45. The molecule has 0 aromatic rings. The van der Waals surface area contributed by atoms with E-state index in [2.05, 4.69) is 12.2 Å². The number of amides is 2. The summed E-state index contributed by atoms with van der Waals surface area (Å²) in [5.74, 6) is -0.168. The SMILES string of the molecule is CCCCCCC(=O)N[C@@H](CC(C)C)C(N)=O. The van der Waals surface area contributed by atoms with Crippen LogP contribution in [0.2, 0.25) is 0 Å². The van der Waals surface area contributed by atoms with Crippen LogP contribution in [0.15, 0.2) is 0 Å². The van der Waals surface area contributed by atoms with E-state index in [9.17, 15) is 9.59 Å². The predicted molar refractivity (Wildman–Crippen MR) is 69.3 cm³/mol. The van der Waals surface area contributed by atoms with E-state index in [1.54, 1.807) is 0 Å². The molecule has 17 heavy (non-hydrogen) atoms. The lowest BCUT2D eigenvalue weighted by atomic mass is 10.0. The first-order valence-electron chi connectivity index (χ1n) is 6.56. The Kier molecular flexibility index (Phi) is 8.46. The maximum Gasteiger partial charge on any atom is 0.240 e. The highest BCUT2D eigenvalue weighted by molar-refractivity contribution is 5.86. The van der Waals surface area contributed by atoms with Gasteiger partial charge in [-0.2, -0.15) is 0 Å². The molecule has 3 N–H and O–H groups in total. The molecule has 0 spiro atoms. The summed E-state index contributed by atoms with van der Waals surface area (Å²) in [5.41, 5.74) is 5.26. The molecule has 4 nitrogen and oxygen atoms in total. The zero-order valence-corrected chi connectivity index (χ0v) is 11.3. The number of unbranched alkanes of at least 4 members (excludes halogenated alkanes) is 3. The fourth-order valence-electron chi connectivity index (χ4n) is 1.70. The van der Waals surface area contributed by atoms with Crippen molar-refractivity contribution in [2.75, 3.05) is 0 Å². The van der Waals surface area contributed by atoms with Crippen LogP contribution in [-0.4, -0.2) is 17.9 Å². The highest BCUT2D eigenvalue weighted by Crippen LogP contribution is 2.06. The van der Waals surface area contributed by atoms with Gasteiger partial charge in [-0.15, -0.1) is 0 Å². The molecule has 0 saturated heterocycles. The number of nitrogens with one attached hydrogen (secondary N) is 1. The Bertz CT molecular complexity index is 240. The highest BCUT2D eigenvalue weighted by atomic mass is 16.2. The molecule has 4 heteroatoms. The van der Waals surface area contributed by atoms with E-state index in [0.717, 1.165) is 25.7 Å². The molecule has 0 aromatic carbocycles. The van der Waals surface area contributed by atoms with Crippen molar-refractivity contribution >= 4 is 11.8 Å². The van der Waals surface area contributed by atoms with Gasteiger partial charge in [0.1, 0.15) is 6.04 Å². The van der Waals surface area contributed by atoms with Gasteiger partial charge in [0.05, 0.1) is 0 Å². The van der Waals surface area contributed by atoms with Gasteiger partial charge in [-0.05, 0) is 18.8 Å². The second-order valence-electron chi connectivity index (χ2n) is 4.96. The number of carbonyl (C=O) groups is 2. The van der Waals surface area contributed by atoms with Crippen LogP contribution < -0.4 is 11.1 Å². The van der Waals surface area contributed by atoms with Gasteiger partial charge in [-0.1, -0.05) is 40.0 Å². The van der Waals surface area contributed by atoms with E-state index in [-0.39, 0.29) is 5.91 Å². The first kappa shape index (κ1) is 15.9. The molecule has 100 valence electrons. The number of hydrogen-bond acceptors (Lipinski definition) is 2. The summed E-state index contributed by atoms with van der Waals surface area (Å²) in [5, 5.41) is 2.71. The van der Waals surface area contributed by atoms with Gasteiger partial charge in [0.25, 0.3) is 0 Å². The minimum atomic E-state index is -0.520. The molecule has 0 aliphatic carbocycles. The molecule has 0 saturated carbocycles. The van der Waals surface area contributed by atoms with Gasteiger partial charge >= 0.3 is 0 Å². The average Bonchev–Trinajstić information content (AvgIpc) is 2.22. The van der Waals surface area contributed by atoms with Gasteiger partial charge < -0.3 is 11.1 Å². The first-order valence-corrected chi connectivity index (χ1v) is 6.56. The predicted octanol–water partition coefficient (Wildman–Crippen LogP) is 1.97. The summed E-state index contributed by atoms with van der Waals surface area (Å²) in [6, 6.07) is -0.520. The third kappa shape index (κ3) is 8.72. The minimum absolute atomic E-state index is 0.0643. The van der Waals surface area contributed by atoms with Crippen molar-refractivity contribution < 1.29 is 9.59 Å². The highest BCUT2D eigenvalue weighted by Gasteiger charge is 2.18. The fourth-order valence-corrected chi connectivity index (χ4v) is 1.70. The minimum Gasteiger partial charge on any atom is -0.368 e. The van der Waals surface area contributed by atoms with Crippen LogP contribution in [-0.2, 0) is 9.59 Å². The maximum atomic E-state index is 11.6. The van der Waals surface area contributed by atoms with E-state index in [1.807, 2.05) is 13.8 Å². The molecule has 1 atom stereocenters. The lowest BCUT2D eigenvalue weighted by molar-refractivity contribution is -0.127. The molecule has 0 rings (SSSR count).